The number of phenolic OH excluding ortho intramolecular Hbond substituents is 2. The van der Waals surface area contributed by atoms with Gasteiger partial charge in [0.05, 0.1) is 59.5 Å². The van der Waals surface area contributed by atoms with Crippen LogP contribution in [0.3, 0.4) is 0 Å². The van der Waals surface area contributed by atoms with Crippen molar-refractivity contribution in [1.29, 1.82) is 0 Å². The van der Waals surface area contributed by atoms with Crippen LogP contribution in [0.5, 0.6) is 17.2 Å². The first kappa shape index (κ1) is 36.9. The highest BCUT2D eigenvalue weighted by Crippen LogP contribution is 2.52. The van der Waals surface area contributed by atoms with Crippen LogP contribution in [0.15, 0.2) is 18.2 Å². The van der Waals surface area contributed by atoms with Crippen LogP contribution in [0.4, 0.5) is 0 Å². The summed E-state index contributed by atoms with van der Waals surface area (Å²) in [6.45, 7) is 5.73. The van der Waals surface area contributed by atoms with Crippen LogP contribution in [0, 0.1) is 10.8 Å². The van der Waals surface area contributed by atoms with E-state index in [9.17, 15) is 54.6 Å². The average Bonchev–Trinajstić information content (AvgIpc) is 3.07. The number of ether oxygens (including phenoxy) is 3. The van der Waals surface area contributed by atoms with Crippen LogP contribution in [-0.2, 0) is 30.3 Å². The summed E-state index contributed by atoms with van der Waals surface area (Å²) >= 11 is 0. The van der Waals surface area contributed by atoms with Gasteiger partial charge in [-0.2, -0.15) is 0 Å². The number of aliphatic carboxylic acids is 1. The van der Waals surface area contributed by atoms with Crippen molar-refractivity contribution in [2.24, 2.45) is 10.8 Å². The molecule has 270 valence electrons. The molecular weight excluding hydrogens is 658 g/mol. The number of fused-ring (bicyclic) bond motifs is 3. The fourth-order valence-electron chi connectivity index (χ4n) is 6.75. The van der Waals surface area contributed by atoms with Crippen molar-refractivity contribution < 1.29 is 68.8 Å². The van der Waals surface area contributed by atoms with Crippen molar-refractivity contribution in [2.45, 2.75) is 83.5 Å². The Morgan fingerprint density at radius 1 is 1.02 bits per heavy atom. The van der Waals surface area contributed by atoms with Gasteiger partial charge in [-0.1, -0.05) is 12.1 Å². The number of carbonyl (C=O) groups is 5. The van der Waals surface area contributed by atoms with Gasteiger partial charge in [0, 0.05) is 29.5 Å². The molecule has 15 nitrogen and oxygen atoms in total. The van der Waals surface area contributed by atoms with Crippen LogP contribution in [0.1, 0.15) is 90.1 Å². The van der Waals surface area contributed by atoms with Crippen LogP contribution in [-0.4, -0.2) is 110 Å². The molecule has 2 aromatic rings. The molecule has 5 rings (SSSR count). The lowest BCUT2D eigenvalue weighted by Crippen LogP contribution is -2.63. The Balaban J connectivity index is 1.63. The van der Waals surface area contributed by atoms with E-state index in [1.165, 1.54) is 59.9 Å². The van der Waals surface area contributed by atoms with E-state index in [-0.39, 0.29) is 34.6 Å². The first-order valence-corrected chi connectivity index (χ1v) is 16.0. The number of hydrogen-bond acceptors (Lipinski definition) is 13. The maximum atomic E-state index is 13.9. The molecule has 2 aromatic carbocycles. The molecule has 1 fully saturated rings. The van der Waals surface area contributed by atoms with Crippen molar-refractivity contribution >= 4 is 29.2 Å². The molecule has 1 saturated heterocycles. The van der Waals surface area contributed by atoms with Crippen molar-refractivity contribution in [2.75, 3.05) is 20.3 Å². The minimum absolute atomic E-state index is 0.0360. The van der Waals surface area contributed by atoms with Gasteiger partial charge in [-0.15, -0.1) is 0 Å². The molecule has 0 radical (unpaired) electrons. The van der Waals surface area contributed by atoms with E-state index >= 15 is 0 Å². The quantitative estimate of drug-likeness (QED) is 0.154. The summed E-state index contributed by atoms with van der Waals surface area (Å²) in [6, 6.07) is 2.98. The van der Waals surface area contributed by atoms with Gasteiger partial charge in [0.1, 0.15) is 41.7 Å². The predicted molar refractivity (Wildman–Crippen MR) is 171 cm³/mol. The van der Waals surface area contributed by atoms with Crippen LogP contribution < -0.4 is 10.1 Å². The second-order valence-electron chi connectivity index (χ2n) is 14.1. The molecule has 1 aliphatic heterocycles. The number of nitrogens with one attached hydrogen (secondary N) is 1. The molecule has 2 aliphatic carbocycles. The lowest BCUT2D eigenvalue weighted by Gasteiger charge is -2.45. The number of carboxylic acid groups (broad SMARTS) is 1. The van der Waals surface area contributed by atoms with E-state index in [0.29, 0.717) is 0 Å². The van der Waals surface area contributed by atoms with Crippen molar-refractivity contribution in [3.05, 3.63) is 51.6 Å². The number of aliphatic hydroxyl groups is 3. The van der Waals surface area contributed by atoms with Crippen LogP contribution in [0.2, 0.25) is 0 Å². The summed E-state index contributed by atoms with van der Waals surface area (Å²) in [7, 11) is 1.29. The van der Waals surface area contributed by atoms with Crippen LogP contribution in [0.25, 0.3) is 0 Å². The van der Waals surface area contributed by atoms with E-state index in [1.807, 2.05) is 0 Å². The topological polar surface area (TPSA) is 246 Å². The normalized spacial score (nSPS) is 26.4. The number of hydrogen-bond donors (Lipinski definition) is 7. The second kappa shape index (κ2) is 12.7. The smallest absolute Gasteiger partial charge is 0.310 e. The summed E-state index contributed by atoms with van der Waals surface area (Å²) in [4.78, 5) is 66.3. The Morgan fingerprint density at radius 2 is 1.66 bits per heavy atom. The minimum Gasteiger partial charge on any atom is -0.507 e. The number of aromatic hydroxyl groups is 2. The number of methoxy groups -OCH3 is 1. The molecule has 0 aromatic heterocycles. The minimum atomic E-state index is -2.40. The number of benzene rings is 2. The summed E-state index contributed by atoms with van der Waals surface area (Å²) in [5.41, 5.74) is -7.44. The van der Waals surface area contributed by atoms with Gasteiger partial charge in [-0.25, -0.2) is 0 Å². The number of carboxylic acids is 1. The van der Waals surface area contributed by atoms with Crippen molar-refractivity contribution in [3.63, 3.8) is 0 Å². The number of rotatable bonds is 9. The Morgan fingerprint density at radius 3 is 2.26 bits per heavy atom. The molecule has 7 N–H and O–H groups in total. The van der Waals surface area contributed by atoms with E-state index in [0.717, 1.165) is 0 Å². The fourth-order valence-corrected chi connectivity index (χ4v) is 6.75. The van der Waals surface area contributed by atoms with Gasteiger partial charge in [-0.05, 0) is 40.7 Å². The van der Waals surface area contributed by atoms with E-state index < -0.39 is 118 Å². The first-order chi connectivity index (χ1) is 23.2. The molecule has 1 amide bonds. The summed E-state index contributed by atoms with van der Waals surface area (Å²) in [5.74, 6) is -6.29. The predicted octanol–water partition coefficient (Wildman–Crippen LogP) is 0.948. The Bertz CT molecular complexity index is 1800. The van der Waals surface area contributed by atoms with E-state index in [2.05, 4.69) is 5.32 Å². The highest BCUT2D eigenvalue weighted by atomic mass is 16.6. The number of aliphatic hydroxyl groups excluding tert-OH is 2. The molecule has 1 heterocycles. The maximum absolute atomic E-state index is 13.9. The highest BCUT2D eigenvalue weighted by molar-refractivity contribution is 6.31. The fraction of sp³-hybridized carbons (Fsp3) is 0.514. The molecule has 6 atom stereocenters. The van der Waals surface area contributed by atoms with Gasteiger partial charge in [0.2, 0.25) is 11.7 Å². The second-order valence-corrected chi connectivity index (χ2v) is 14.1. The van der Waals surface area contributed by atoms with Gasteiger partial charge in [-0.3, -0.25) is 24.0 Å². The van der Waals surface area contributed by atoms with Gasteiger partial charge in [0.15, 0.2) is 11.6 Å². The zero-order valence-corrected chi connectivity index (χ0v) is 28.4. The zero-order valence-electron chi connectivity index (χ0n) is 28.4. The van der Waals surface area contributed by atoms with E-state index in [4.69, 9.17) is 14.2 Å². The maximum Gasteiger partial charge on any atom is 0.310 e. The number of ketones is 3. The van der Waals surface area contributed by atoms with Crippen LogP contribution >= 0.6 is 0 Å². The third kappa shape index (κ3) is 5.53. The standard InChI is InChI=1S/C35H41NO14/c1-14-26(39)25(36-31(44)33(2,3)34(4,5)32(45)46)19(13-49-14)50-18-11-35(47,20(38)12-37)10-16-22(18)30(43)24-23(28(16)41)27(40)15-8-7-9-17(48-6)21(15)29(24)42/h7-9,14,18-19,25-26,37,39,41,43,47H,10-13H2,1-6H3,(H,36,44)(H,45,46)/t14?,18-,19?,25?,26?,35-/m0/s1. The van der Waals surface area contributed by atoms with Crippen molar-refractivity contribution in [1.82, 2.24) is 5.32 Å². The van der Waals surface area contributed by atoms with E-state index in [1.54, 1.807) is 0 Å². The lowest BCUT2D eigenvalue weighted by molar-refractivity contribution is -0.186. The Hall–Kier alpha value is -4.41. The van der Waals surface area contributed by atoms with Gasteiger partial charge in [0.25, 0.3) is 0 Å². The SMILES string of the molecule is COc1cccc2c1C(=O)c1c(O)c3c(c(O)c1C2=O)C[C@@](O)(C(=O)CO)C[C@@H]3OC1COC(C)C(O)C1NC(=O)C(C)(C)C(C)(C)C(=O)O. The molecule has 4 unspecified atom stereocenters. The summed E-state index contributed by atoms with van der Waals surface area (Å²) in [5, 5.41) is 68.3. The number of Topliss-reactive ketones (excluding diaryl/α,β-unsaturated/α-hetero) is 1. The Labute approximate surface area is 286 Å². The molecular formula is C35H41NO14. The van der Waals surface area contributed by atoms with Gasteiger partial charge < -0.3 is 50.2 Å². The first-order valence-electron chi connectivity index (χ1n) is 16.0. The monoisotopic (exact) mass is 699 g/mol. The molecule has 0 bridgehead atoms. The lowest BCUT2D eigenvalue weighted by atomic mass is 9.67. The molecule has 3 aliphatic rings. The van der Waals surface area contributed by atoms with Crippen molar-refractivity contribution in [3.8, 4) is 17.2 Å². The highest BCUT2D eigenvalue weighted by Gasteiger charge is 2.53. The number of phenols is 2. The molecule has 15 heteroatoms. The summed E-state index contributed by atoms with van der Waals surface area (Å²) < 4.78 is 17.3. The molecule has 50 heavy (non-hydrogen) atoms. The Kier molecular flexibility index (Phi) is 9.38. The van der Waals surface area contributed by atoms with Gasteiger partial charge >= 0.3 is 5.97 Å². The number of carbonyl (C=O) groups excluding carboxylic acids is 4. The number of amides is 1. The largest absolute Gasteiger partial charge is 0.507 e. The molecule has 0 saturated carbocycles. The summed E-state index contributed by atoms with van der Waals surface area (Å²) in [6.07, 6.45) is -6.42. The average molecular weight is 700 g/mol. The third-order valence-corrected chi connectivity index (χ3v) is 10.8. The third-order valence-electron chi connectivity index (χ3n) is 10.8. The zero-order chi connectivity index (χ0) is 37.2. The molecule has 0 spiro atoms.